The molecule has 0 spiro atoms. The van der Waals surface area contributed by atoms with Gasteiger partial charge >= 0.3 is 0 Å². The normalized spacial score (nSPS) is 9.76. The molecule has 0 radical (unpaired) electrons. The summed E-state index contributed by atoms with van der Waals surface area (Å²) < 4.78 is 1.88. The van der Waals surface area contributed by atoms with E-state index in [2.05, 4.69) is 27.1 Å². The number of hydrogen-bond acceptors (Lipinski definition) is 4. The van der Waals surface area contributed by atoms with Crippen molar-refractivity contribution in [1.29, 1.82) is 0 Å². The van der Waals surface area contributed by atoms with E-state index in [0.717, 1.165) is 5.56 Å². The van der Waals surface area contributed by atoms with E-state index in [0.29, 0.717) is 25.2 Å². The molecule has 108 valence electrons. The Hall–Kier alpha value is -2.65. The van der Waals surface area contributed by atoms with Crippen LogP contribution in [0.15, 0.2) is 37.1 Å². The summed E-state index contributed by atoms with van der Waals surface area (Å²) in [5, 5.41) is 11.4. The zero-order valence-corrected chi connectivity index (χ0v) is 11.5. The Balaban J connectivity index is 1.83. The molecule has 0 aliphatic rings. The van der Waals surface area contributed by atoms with Crippen LogP contribution in [0, 0.1) is 11.8 Å². The number of hydrogen-bond donors (Lipinski definition) is 2. The fourth-order valence-corrected chi connectivity index (χ4v) is 1.63. The van der Waals surface area contributed by atoms with Crippen molar-refractivity contribution < 1.29 is 9.90 Å². The summed E-state index contributed by atoms with van der Waals surface area (Å²) in [7, 11) is 0. The van der Waals surface area contributed by atoms with E-state index in [1.165, 1.54) is 0 Å². The number of nitrogens with one attached hydrogen (secondary N) is 1. The van der Waals surface area contributed by atoms with Gasteiger partial charge in [0, 0.05) is 43.7 Å². The third kappa shape index (κ3) is 4.75. The van der Waals surface area contributed by atoms with Gasteiger partial charge in [0.1, 0.15) is 5.69 Å². The molecule has 1 amide bonds. The largest absolute Gasteiger partial charge is 0.395 e. The van der Waals surface area contributed by atoms with Gasteiger partial charge in [-0.2, -0.15) is 0 Å². The highest BCUT2D eigenvalue weighted by atomic mass is 16.2. The second-order valence-corrected chi connectivity index (χ2v) is 4.26. The van der Waals surface area contributed by atoms with Gasteiger partial charge in [0.05, 0.1) is 12.9 Å². The Bertz CT molecular complexity index is 624. The van der Waals surface area contributed by atoms with Gasteiger partial charge in [-0.3, -0.25) is 4.79 Å². The first-order valence-electron chi connectivity index (χ1n) is 6.59. The Kier molecular flexibility index (Phi) is 5.50. The Labute approximate surface area is 122 Å². The topological polar surface area (TPSA) is 80.0 Å². The van der Waals surface area contributed by atoms with E-state index in [-0.39, 0.29) is 12.5 Å². The molecule has 0 saturated carbocycles. The molecular weight excluding hydrogens is 268 g/mol. The molecule has 0 aliphatic heterocycles. The zero-order valence-electron chi connectivity index (χ0n) is 11.5. The molecule has 0 saturated heterocycles. The van der Waals surface area contributed by atoms with Crippen molar-refractivity contribution in [2.75, 3.05) is 13.2 Å². The number of aromatic nitrogens is 3. The first kappa shape index (κ1) is 14.8. The van der Waals surface area contributed by atoms with Gasteiger partial charge in [-0.1, -0.05) is 11.8 Å². The molecule has 6 nitrogen and oxygen atoms in total. The van der Waals surface area contributed by atoms with Gasteiger partial charge in [0.2, 0.25) is 0 Å². The molecule has 0 unspecified atom stereocenters. The van der Waals surface area contributed by atoms with Gasteiger partial charge < -0.3 is 15.0 Å². The maximum Gasteiger partial charge on any atom is 0.269 e. The lowest BCUT2D eigenvalue weighted by molar-refractivity contribution is 0.0947. The molecule has 6 heteroatoms. The monoisotopic (exact) mass is 284 g/mol. The Morgan fingerprint density at radius 1 is 1.43 bits per heavy atom. The van der Waals surface area contributed by atoms with Gasteiger partial charge in [-0.25, -0.2) is 9.97 Å². The van der Waals surface area contributed by atoms with Crippen molar-refractivity contribution in [3.05, 3.63) is 48.3 Å². The number of rotatable bonds is 5. The third-order valence-corrected chi connectivity index (χ3v) is 2.68. The molecule has 2 heterocycles. The summed E-state index contributed by atoms with van der Waals surface area (Å²) in [4.78, 5) is 19.9. The average Bonchev–Trinajstić information content (AvgIpc) is 3.01. The van der Waals surface area contributed by atoms with Crippen LogP contribution in [0.4, 0.5) is 0 Å². The standard InChI is InChI=1S/C15H16N4O2/c20-10-2-1-3-13-4-5-14(18-11-13)15(21)17-7-9-19-8-6-16-12-19/h4-6,8,11-12,20H,2,7,9-10H2,(H,17,21). The maximum atomic E-state index is 11.9. The minimum atomic E-state index is -0.218. The highest BCUT2D eigenvalue weighted by molar-refractivity contribution is 5.92. The highest BCUT2D eigenvalue weighted by Gasteiger charge is 2.05. The summed E-state index contributed by atoms with van der Waals surface area (Å²) in [6, 6.07) is 3.37. The lowest BCUT2D eigenvalue weighted by atomic mass is 10.2. The lowest BCUT2D eigenvalue weighted by Gasteiger charge is -2.05. The molecule has 2 N–H and O–H groups in total. The molecule has 0 aliphatic carbocycles. The van der Waals surface area contributed by atoms with E-state index in [1.54, 1.807) is 30.9 Å². The number of pyridine rings is 1. The van der Waals surface area contributed by atoms with E-state index in [4.69, 9.17) is 5.11 Å². The number of nitrogens with zero attached hydrogens (tertiary/aromatic N) is 3. The van der Waals surface area contributed by atoms with Crippen molar-refractivity contribution in [3.63, 3.8) is 0 Å². The van der Waals surface area contributed by atoms with Crippen LogP contribution >= 0.6 is 0 Å². The average molecular weight is 284 g/mol. The van der Waals surface area contributed by atoms with E-state index >= 15 is 0 Å². The van der Waals surface area contributed by atoms with Crippen molar-refractivity contribution in [2.45, 2.75) is 13.0 Å². The molecule has 0 bridgehead atoms. The number of carbonyl (C=O) groups is 1. The molecule has 21 heavy (non-hydrogen) atoms. The van der Waals surface area contributed by atoms with Crippen molar-refractivity contribution in [1.82, 2.24) is 19.9 Å². The van der Waals surface area contributed by atoms with E-state index in [9.17, 15) is 4.79 Å². The van der Waals surface area contributed by atoms with Crippen LogP contribution in [0.3, 0.4) is 0 Å². The Morgan fingerprint density at radius 3 is 3.00 bits per heavy atom. The first-order valence-corrected chi connectivity index (χ1v) is 6.59. The molecular formula is C15H16N4O2. The summed E-state index contributed by atoms with van der Waals surface area (Å²) in [6.07, 6.45) is 7.21. The predicted octanol–water partition coefficient (Wildman–Crippen LogP) is 0.442. The number of carbonyl (C=O) groups excluding carboxylic acids is 1. The van der Waals surface area contributed by atoms with Gasteiger partial charge in [0.25, 0.3) is 5.91 Å². The van der Waals surface area contributed by atoms with Gasteiger partial charge in [-0.15, -0.1) is 0 Å². The molecule has 0 aromatic carbocycles. The molecule has 2 aromatic heterocycles. The Morgan fingerprint density at radius 2 is 2.33 bits per heavy atom. The quantitative estimate of drug-likeness (QED) is 0.781. The second-order valence-electron chi connectivity index (χ2n) is 4.26. The van der Waals surface area contributed by atoms with Crippen LogP contribution < -0.4 is 5.32 Å². The van der Waals surface area contributed by atoms with E-state index < -0.39 is 0 Å². The summed E-state index contributed by atoms with van der Waals surface area (Å²) in [5.41, 5.74) is 1.08. The van der Waals surface area contributed by atoms with Gasteiger partial charge in [0.15, 0.2) is 0 Å². The fraction of sp³-hybridized carbons (Fsp3) is 0.267. The fourth-order valence-electron chi connectivity index (χ4n) is 1.63. The number of imidazole rings is 1. The molecule has 2 rings (SSSR count). The van der Waals surface area contributed by atoms with Gasteiger partial charge in [-0.05, 0) is 12.1 Å². The number of aliphatic hydroxyl groups excluding tert-OH is 1. The van der Waals surface area contributed by atoms with Crippen LogP contribution in [-0.2, 0) is 6.54 Å². The van der Waals surface area contributed by atoms with Crippen LogP contribution in [0.2, 0.25) is 0 Å². The van der Waals surface area contributed by atoms with Crippen molar-refractivity contribution in [3.8, 4) is 11.8 Å². The number of aliphatic hydroxyl groups is 1. The van der Waals surface area contributed by atoms with Crippen molar-refractivity contribution in [2.24, 2.45) is 0 Å². The van der Waals surface area contributed by atoms with Crippen LogP contribution in [-0.4, -0.2) is 38.7 Å². The van der Waals surface area contributed by atoms with Crippen LogP contribution in [0.5, 0.6) is 0 Å². The summed E-state index contributed by atoms with van der Waals surface area (Å²) in [5.74, 6) is 5.44. The van der Waals surface area contributed by atoms with Crippen LogP contribution in [0.1, 0.15) is 22.5 Å². The summed E-state index contributed by atoms with van der Waals surface area (Å²) in [6.45, 7) is 1.21. The SMILES string of the molecule is O=C(NCCn1ccnc1)c1ccc(C#CCCO)cn1. The highest BCUT2D eigenvalue weighted by Crippen LogP contribution is 1.99. The predicted molar refractivity (Wildman–Crippen MR) is 77.4 cm³/mol. The van der Waals surface area contributed by atoms with Crippen LogP contribution in [0.25, 0.3) is 0 Å². The summed E-state index contributed by atoms with van der Waals surface area (Å²) >= 11 is 0. The maximum absolute atomic E-state index is 11.9. The smallest absolute Gasteiger partial charge is 0.269 e. The molecule has 0 fully saturated rings. The minimum Gasteiger partial charge on any atom is -0.395 e. The zero-order chi connectivity index (χ0) is 14.9. The molecule has 2 aromatic rings. The second kappa shape index (κ2) is 7.82. The third-order valence-electron chi connectivity index (χ3n) is 2.68. The lowest BCUT2D eigenvalue weighted by Crippen LogP contribution is -2.27. The first-order chi connectivity index (χ1) is 10.3. The van der Waals surface area contributed by atoms with Crippen molar-refractivity contribution >= 4 is 5.91 Å². The van der Waals surface area contributed by atoms with E-state index in [1.807, 2.05) is 10.8 Å². The molecule has 0 atom stereocenters. The number of amides is 1. The minimum absolute atomic E-state index is 0.0395.